The molecular formula is C12H26N4. The molecule has 0 heterocycles. The smallest absolute Gasteiger partial charge is 0.208 e. The predicted octanol–water partition coefficient (Wildman–Crippen LogP) is 1.87. The largest absolute Gasteiger partial charge is 0.339 e. The first-order valence-electron chi connectivity index (χ1n) is 6.61. The van der Waals surface area contributed by atoms with Crippen LogP contribution in [0.5, 0.6) is 0 Å². The van der Waals surface area contributed by atoms with Crippen LogP contribution in [-0.2, 0) is 0 Å². The van der Waals surface area contributed by atoms with Gasteiger partial charge in [-0.1, -0.05) is 26.2 Å². The van der Waals surface area contributed by atoms with Crippen molar-refractivity contribution in [1.82, 2.24) is 10.3 Å². The number of guanidine groups is 1. The molecule has 0 amide bonds. The molecule has 0 bridgehead atoms. The summed E-state index contributed by atoms with van der Waals surface area (Å²) in [4.78, 5) is 6.84. The molecule has 1 rings (SSSR count). The maximum Gasteiger partial charge on any atom is 0.208 e. The second-order valence-electron chi connectivity index (χ2n) is 4.43. The standard InChI is InChI=1S/C12H26N4/c1-3-10-14-12(15-13)16(4-2)11-8-6-5-7-9-11/h11H,3-10,13H2,1-2H3,(H,14,15). The Hall–Kier alpha value is -0.770. The minimum absolute atomic E-state index is 0.630. The van der Waals surface area contributed by atoms with E-state index in [1.165, 1.54) is 32.1 Å². The molecule has 1 aliphatic carbocycles. The molecule has 1 aliphatic rings. The lowest BCUT2D eigenvalue weighted by Gasteiger charge is -2.35. The molecular weight excluding hydrogens is 200 g/mol. The Labute approximate surface area is 99.3 Å². The molecule has 1 fully saturated rings. The first-order chi connectivity index (χ1) is 7.83. The summed E-state index contributed by atoms with van der Waals surface area (Å²) in [6.07, 6.45) is 7.68. The number of nitrogens with zero attached hydrogens (tertiary/aromatic N) is 2. The number of hydrogen-bond donors (Lipinski definition) is 2. The van der Waals surface area contributed by atoms with Crippen molar-refractivity contribution in [2.45, 2.75) is 58.4 Å². The van der Waals surface area contributed by atoms with Crippen molar-refractivity contribution >= 4 is 5.96 Å². The van der Waals surface area contributed by atoms with Gasteiger partial charge in [-0.25, -0.2) is 5.84 Å². The third-order valence-electron chi connectivity index (χ3n) is 3.24. The van der Waals surface area contributed by atoms with Crippen LogP contribution in [0, 0.1) is 0 Å². The molecule has 0 aromatic heterocycles. The van der Waals surface area contributed by atoms with Crippen molar-refractivity contribution in [1.29, 1.82) is 0 Å². The van der Waals surface area contributed by atoms with E-state index in [9.17, 15) is 0 Å². The zero-order chi connectivity index (χ0) is 11.8. The zero-order valence-electron chi connectivity index (χ0n) is 10.7. The maximum absolute atomic E-state index is 5.57. The second-order valence-corrected chi connectivity index (χ2v) is 4.43. The minimum atomic E-state index is 0.630. The Bertz CT molecular complexity index is 209. The summed E-state index contributed by atoms with van der Waals surface area (Å²) in [5.74, 6) is 6.45. The van der Waals surface area contributed by atoms with Gasteiger partial charge in [0.25, 0.3) is 0 Å². The molecule has 0 unspecified atom stereocenters. The molecule has 0 aromatic carbocycles. The van der Waals surface area contributed by atoms with Crippen molar-refractivity contribution in [3.63, 3.8) is 0 Å². The van der Waals surface area contributed by atoms with Crippen LogP contribution in [0.1, 0.15) is 52.4 Å². The van der Waals surface area contributed by atoms with Crippen LogP contribution >= 0.6 is 0 Å². The first-order valence-corrected chi connectivity index (χ1v) is 6.61. The highest BCUT2D eigenvalue weighted by molar-refractivity contribution is 5.79. The summed E-state index contributed by atoms with van der Waals surface area (Å²) in [6.45, 7) is 6.14. The van der Waals surface area contributed by atoms with Crippen molar-refractivity contribution < 1.29 is 0 Å². The predicted molar refractivity (Wildman–Crippen MR) is 69.2 cm³/mol. The molecule has 0 saturated heterocycles. The summed E-state index contributed by atoms with van der Waals surface area (Å²) in [5, 5.41) is 0. The number of nitrogens with two attached hydrogens (primary N) is 1. The van der Waals surface area contributed by atoms with Gasteiger partial charge in [-0.3, -0.25) is 10.4 Å². The molecule has 4 heteroatoms. The zero-order valence-corrected chi connectivity index (χ0v) is 10.7. The van der Waals surface area contributed by atoms with E-state index >= 15 is 0 Å². The number of hydrogen-bond acceptors (Lipinski definition) is 2. The van der Waals surface area contributed by atoms with Gasteiger partial charge in [0, 0.05) is 19.1 Å². The van der Waals surface area contributed by atoms with Gasteiger partial charge in [-0.15, -0.1) is 0 Å². The third kappa shape index (κ3) is 3.67. The lowest BCUT2D eigenvalue weighted by atomic mass is 9.94. The van der Waals surface area contributed by atoms with Crippen LogP contribution < -0.4 is 11.3 Å². The highest BCUT2D eigenvalue weighted by atomic mass is 15.4. The molecule has 1 saturated carbocycles. The van der Waals surface area contributed by atoms with Crippen LogP contribution in [0.2, 0.25) is 0 Å². The minimum Gasteiger partial charge on any atom is -0.339 e. The van der Waals surface area contributed by atoms with Crippen molar-refractivity contribution in [2.75, 3.05) is 13.1 Å². The second kappa shape index (κ2) is 7.49. The van der Waals surface area contributed by atoms with Gasteiger partial charge >= 0.3 is 0 Å². The molecule has 94 valence electrons. The van der Waals surface area contributed by atoms with Gasteiger partial charge in [0.2, 0.25) is 5.96 Å². The Morgan fingerprint density at radius 2 is 2.00 bits per heavy atom. The number of aliphatic imine (C=N–C) groups is 1. The van der Waals surface area contributed by atoms with E-state index in [4.69, 9.17) is 5.84 Å². The van der Waals surface area contributed by atoms with Gasteiger partial charge in [0.05, 0.1) is 0 Å². The average Bonchev–Trinajstić information content (AvgIpc) is 2.35. The Balaban J connectivity index is 2.61. The Morgan fingerprint density at radius 3 is 2.50 bits per heavy atom. The molecule has 4 nitrogen and oxygen atoms in total. The molecule has 16 heavy (non-hydrogen) atoms. The van der Waals surface area contributed by atoms with Crippen LogP contribution in [0.25, 0.3) is 0 Å². The van der Waals surface area contributed by atoms with E-state index in [-0.39, 0.29) is 0 Å². The molecule has 0 aliphatic heterocycles. The summed E-state index contributed by atoms with van der Waals surface area (Å²) in [7, 11) is 0. The monoisotopic (exact) mass is 226 g/mol. The third-order valence-corrected chi connectivity index (χ3v) is 3.24. The quantitative estimate of drug-likeness (QED) is 0.333. The normalized spacial score (nSPS) is 18.6. The van der Waals surface area contributed by atoms with Gasteiger partial charge < -0.3 is 4.90 Å². The van der Waals surface area contributed by atoms with Gasteiger partial charge in [-0.05, 0) is 26.2 Å². The number of nitrogens with one attached hydrogen (secondary N) is 1. The summed E-state index contributed by atoms with van der Waals surface area (Å²) in [5.41, 5.74) is 2.76. The lowest BCUT2D eigenvalue weighted by molar-refractivity contribution is 0.245. The molecule has 0 atom stereocenters. The molecule has 0 radical (unpaired) electrons. The van der Waals surface area contributed by atoms with Crippen molar-refractivity contribution in [3.05, 3.63) is 0 Å². The number of rotatable bonds is 4. The Morgan fingerprint density at radius 1 is 1.31 bits per heavy atom. The van der Waals surface area contributed by atoms with Crippen LogP contribution in [-0.4, -0.2) is 30.0 Å². The van der Waals surface area contributed by atoms with E-state index < -0.39 is 0 Å². The van der Waals surface area contributed by atoms with Gasteiger partial charge in [0.1, 0.15) is 0 Å². The highest BCUT2D eigenvalue weighted by Gasteiger charge is 2.22. The van der Waals surface area contributed by atoms with Crippen molar-refractivity contribution in [3.8, 4) is 0 Å². The molecule has 0 aromatic rings. The van der Waals surface area contributed by atoms with Crippen LogP contribution in [0.3, 0.4) is 0 Å². The maximum atomic E-state index is 5.57. The molecule has 0 spiro atoms. The highest BCUT2D eigenvalue weighted by Crippen LogP contribution is 2.22. The summed E-state index contributed by atoms with van der Waals surface area (Å²) < 4.78 is 0. The fourth-order valence-electron chi connectivity index (χ4n) is 2.41. The topological polar surface area (TPSA) is 53.6 Å². The van der Waals surface area contributed by atoms with Crippen LogP contribution in [0.15, 0.2) is 4.99 Å². The molecule has 3 N–H and O–H groups in total. The van der Waals surface area contributed by atoms with E-state index in [1.54, 1.807) is 0 Å². The van der Waals surface area contributed by atoms with Crippen LogP contribution in [0.4, 0.5) is 0 Å². The fourth-order valence-corrected chi connectivity index (χ4v) is 2.41. The number of hydrazine groups is 1. The SMILES string of the molecule is CCCN=C(NN)N(CC)C1CCCCC1. The Kier molecular flexibility index (Phi) is 6.23. The lowest BCUT2D eigenvalue weighted by Crippen LogP contribution is -2.50. The van der Waals surface area contributed by atoms with Crippen molar-refractivity contribution in [2.24, 2.45) is 10.8 Å². The summed E-state index contributed by atoms with van der Waals surface area (Å²) in [6, 6.07) is 0.630. The first kappa shape index (κ1) is 13.3. The van der Waals surface area contributed by atoms with Gasteiger partial charge in [0.15, 0.2) is 0 Å². The fraction of sp³-hybridized carbons (Fsp3) is 0.917. The summed E-state index contributed by atoms with van der Waals surface area (Å²) >= 11 is 0. The van der Waals surface area contributed by atoms with Gasteiger partial charge in [-0.2, -0.15) is 0 Å². The average molecular weight is 226 g/mol. The van der Waals surface area contributed by atoms with E-state index in [0.29, 0.717) is 6.04 Å². The van der Waals surface area contributed by atoms with E-state index in [1.807, 2.05) is 0 Å². The van der Waals surface area contributed by atoms with E-state index in [0.717, 1.165) is 25.5 Å². The van der Waals surface area contributed by atoms with E-state index in [2.05, 4.69) is 29.2 Å².